The van der Waals surface area contributed by atoms with Crippen LogP contribution in [-0.4, -0.2) is 23.0 Å². The molecule has 0 unspecified atom stereocenters. The Labute approximate surface area is 75.0 Å². The first-order chi connectivity index (χ1) is 6.45. The third kappa shape index (κ3) is 0.823. The molecule has 0 saturated carbocycles. The van der Waals surface area contributed by atoms with Crippen LogP contribution in [0.1, 0.15) is 0 Å². The molecule has 0 radical (unpaired) electrons. The lowest BCUT2D eigenvalue weighted by Crippen LogP contribution is -2.38. The lowest BCUT2D eigenvalue weighted by Gasteiger charge is -2.29. The standard InChI is InChI=1S/C9H6N4/c1-2-7-4-5-10-9-12-6-11-8(3-1)13(7)9/h1-6H. The highest BCUT2D eigenvalue weighted by atomic mass is 15.3. The Morgan fingerprint density at radius 3 is 3.15 bits per heavy atom. The Kier molecular flexibility index (Phi) is 1.14. The molecule has 3 aliphatic heterocycles. The number of guanidine groups is 1. The van der Waals surface area contributed by atoms with Gasteiger partial charge in [0.2, 0.25) is 5.96 Å². The van der Waals surface area contributed by atoms with Crippen molar-refractivity contribution in [3.8, 4) is 0 Å². The molecule has 0 aliphatic carbocycles. The summed E-state index contributed by atoms with van der Waals surface area (Å²) in [5.41, 5.74) is 1.06. The van der Waals surface area contributed by atoms with Crippen LogP contribution in [0.4, 0.5) is 0 Å². The summed E-state index contributed by atoms with van der Waals surface area (Å²) in [5, 5.41) is 0. The largest absolute Gasteiger partial charge is 0.263 e. The number of rotatable bonds is 0. The second kappa shape index (κ2) is 2.26. The van der Waals surface area contributed by atoms with Crippen LogP contribution in [0.2, 0.25) is 0 Å². The van der Waals surface area contributed by atoms with Gasteiger partial charge in [-0.2, -0.15) is 0 Å². The molecular formula is C9H6N4. The topological polar surface area (TPSA) is 40.3 Å². The van der Waals surface area contributed by atoms with Crippen molar-refractivity contribution in [1.29, 1.82) is 0 Å². The predicted molar refractivity (Wildman–Crippen MR) is 51.6 cm³/mol. The van der Waals surface area contributed by atoms with E-state index in [1.165, 1.54) is 6.34 Å². The molecule has 4 heteroatoms. The maximum absolute atomic E-state index is 4.14. The Morgan fingerprint density at radius 1 is 1.15 bits per heavy atom. The summed E-state index contributed by atoms with van der Waals surface area (Å²) in [6.45, 7) is 0. The summed E-state index contributed by atoms with van der Waals surface area (Å²) in [6.07, 6.45) is 11.1. The van der Waals surface area contributed by atoms with E-state index in [0.29, 0.717) is 5.96 Å². The Balaban J connectivity index is 2.23. The molecule has 0 bridgehead atoms. The van der Waals surface area contributed by atoms with Gasteiger partial charge in [-0.15, -0.1) is 0 Å². The molecule has 0 N–H and O–H groups in total. The lowest BCUT2D eigenvalue weighted by atomic mass is 10.2. The Morgan fingerprint density at radius 2 is 2.15 bits per heavy atom. The Bertz CT molecular complexity index is 368. The van der Waals surface area contributed by atoms with Crippen molar-refractivity contribution in [3.05, 3.63) is 36.2 Å². The molecular weight excluding hydrogens is 164 g/mol. The van der Waals surface area contributed by atoms with Crippen molar-refractivity contribution >= 4 is 18.1 Å². The van der Waals surface area contributed by atoms with Crippen molar-refractivity contribution < 1.29 is 0 Å². The van der Waals surface area contributed by atoms with Gasteiger partial charge in [0.15, 0.2) is 0 Å². The fourth-order valence-electron chi connectivity index (χ4n) is 1.43. The average Bonchev–Trinajstić information content (AvgIpc) is 2.19. The smallest absolute Gasteiger partial charge is 0.237 e. The van der Waals surface area contributed by atoms with Gasteiger partial charge in [0.05, 0.1) is 5.70 Å². The second-order valence-electron chi connectivity index (χ2n) is 2.76. The van der Waals surface area contributed by atoms with E-state index in [2.05, 4.69) is 15.0 Å². The van der Waals surface area contributed by atoms with Gasteiger partial charge in [0, 0.05) is 6.20 Å². The van der Waals surface area contributed by atoms with Crippen LogP contribution in [0, 0.1) is 0 Å². The summed E-state index contributed by atoms with van der Waals surface area (Å²) in [4.78, 5) is 14.3. The van der Waals surface area contributed by atoms with E-state index in [1.54, 1.807) is 6.20 Å². The van der Waals surface area contributed by atoms with Gasteiger partial charge in [0.25, 0.3) is 0 Å². The Hall–Kier alpha value is -1.97. The van der Waals surface area contributed by atoms with Crippen molar-refractivity contribution in [1.82, 2.24) is 4.90 Å². The first-order valence-corrected chi connectivity index (χ1v) is 3.98. The first-order valence-electron chi connectivity index (χ1n) is 3.98. The molecule has 0 aromatic carbocycles. The normalized spacial score (nSPS) is 22.2. The predicted octanol–water partition coefficient (Wildman–Crippen LogP) is 1.07. The van der Waals surface area contributed by atoms with Gasteiger partial charge < -0.3 is 0 Å². The second-order valence-corrected chi connectivity index (χ2v) is 2.76. The fourth-order valence-corrected chi connectivity index (χ4v) is 1.43. The molecule has 0 atom stereocenters. The van der Waals surface area contributed by atoms with Gasteiger partial charge in [-0.1, -0.05) is 6.08 Å². The monoisotopic (exact) mass is 170 g/mol. The number of allylic oxidation sites excluding steroid dienone is 3. The number of hydrogen-bond acceptors (Lipinski definition) is 4. The van der Waals surface area contributed by atoms with Crippen molar-refractivity contribution in [2.24, 2.45) is 15.0 Å². The first kappa shape index (κ1) is 6.54. The zero-order chi connectivity index (χ0) is 8.67. The van der Waals surface area contributed by atoms with Gasteiger partial charge in [-0.05, 0) is 18.2 Å². The number of nitrogens with zero attached hydrogens (tertiary/aromatic N) is 4. The van der Waals surface area contributed by atoms with E-state index < -0.39 is 0 Å². The highest BCUT2D eigenvalue weighted by Gasteiger charge is 2.23. The van der Waals surface area contributed by atoms with Crippen molar-refractivity contribution in [3.63, 3.8) is 0 Å². The fraction of sp³-hybridized carbons (Fsp3) is 0. The minimum absolute atomic E-state index is 0.683. The van der Waals surface area contributed by atoms with Gasteiger partial charge in [-0.3, -0.25) is 4.90 Å². The summed E-state index contributed by atoms with van der Waals surface area (Å²) in [7, 11) is 0. The SMILES string of the molecule is C1=CC2=NC=NC3=NC=CC(=C1)N23. The molecule has 62 valence electrons. The van der Waals surface area contributed by atoms with Gasteiger partial charge >= 0.3 is 0 Å². The van der Waals surface area contributed by atoms with Gasteiger partial charge in [0.1, 0.15) is 12.2 Å². The molecule has 0 fully saturated rings. The van der Waals surface area contributed by atoms with E-state index in [0.717, 1.165) is 11.5 Å². The molecule has 0 saturated heterocycles. The van der Waals surface area contributed by atoms with Crippen LogP contribution in [0.3, 0.4) is 0 Å². The summed E-state index contributed by atoms with van der Waals surface area (Å²) >= 11 is 0. The van der Waals surface area contributed by atoms with E-state index >= 15 is 0 Å². The maximum Gasteiger partial charge on any atom is 0.237 e. The third-order valence-corrected chi connectivity index (χ3v) is 2.00. The molecule has 4 nitrogen and oxygen atoms in total. The zero-order valence-corrected chi connectivity index (χ0v) is 6.75. The maximum atomic E-state index is 4.14. The van der Waals surface area contributed by atoms with Crippen LogP contribution < -0.4 is 0 Å². The van der Waals surface area contributed by atoms with E-state index in [4.69, 9.17) is 0 Å². The minimum Gasteiger partial charge on any atom is -0.263 e. The molecule has 0 aromatic heterocycles. The number of amidine groups is 1. The zero-order valence-electron chi connectivity index (χ0n) is 6.75. The highest BCUT2D eigenvalue weighted by molar-refractivity contribution is 6.15. The van der Waals surface area contributed by atoms with Crippen LogP contribution in [0.15, 0.2) is 51.2 Å². The molecule has 0 spiro atoms. The van der Waals surface area contributed by atoms with Crippen molar-refractivity contribution in [2.75, 3.05) is 0 Å². The van der Waals surface area contributed by atoms with Crippen LogP contribution in [0.5, 0.6) is 0 Å². The molecule has 0 aromatic rings. The molecule has 3 heterocycles. The van der Waals surface area contributed by atoms with Crippen molar-refractivity contribution in [2.45, 2.75) is 0 Å². The minimum atomic E-state index is 0.683. The summed E-state index contributed by atoms with van der Waals surface area (Å²) in [6, 6.07) is 0. The third-order valence-electron chi connectivity index (χ3n) is 2.00. The van der Waals surface area contributed by atoms with Crippen LogP contribution >= 0.6 is 0 Å². The quantitative estimate of drug-likeness (QED) is 0.536. The molecule has 0 amide bonds. The van der Waals surface area contributed by atoms with Crippen LogP contribution in [-0.2, 0) is 0 Å². The molecule has 3 aliphatic rings. The van der Waals surface area contributed by atoms with Crippen LogP contribution in [0.25, 0.3) is 0 Å². The molecule has 13 heavy (non-hydrogen) atoms. The van der Waals surface area contributed by atoms with E-state index in [-0.39, 0.29) is 0 Å². The van der Waals surface area contributed by atoms with Gasteiger partial charge in [-0.25, -0.2) is 15.0 Å². The van der Waals surface area contributed by atoms with E-state index in [1.807, 2.05) is 29.2 Å². The summed E-state index contributed by atoms with van der Waals surface area (Å²) < 4.78 is 0. The summed E-state index contributed by atoms with van der Waals surface area (Å²) in [5.74, 6) is 1.55. The highest BCUT2D eigenvalue weighted by Crippen LogP contribution is 2.20. The molecule has 3 rings (SSSR count). The number of aliphatic imine (C=N–C) groups is 3. The average molecular weight is 170 g/mol. The van der Waals surface area contributed by atoms with E-state index in [9.17, 15) is 0 Å². The number of hydrogen-bond donors (Lipinski definition) is 0. The lowest BCUT2D eigenvalue weighted by molar-refractivity contribution is 0.749.